The highest BCUT2D eigenvalue weighted by Crippen LogP contribution is 1.95. The van der Waals surface area contributed by atoms with Gasteiger partial charge in [-0.2, -0.15) is 5.26 Å². The van der Waals surface area contributed by atoms with Crippen LogP contribution in [0.4, 0.5) is 0 Å². The number of carbonyl (C=O) groups excluding carboxylic acids is 1. The van der Waals surface area contributed by atoms with E-state index in [2.05, 4.69) is 4.74 Å². The molecule has 0 atom stereocenters. The lowest BCUT2D eigenvalue weighted by atomic mass is 10.4. The van der Waals surface area contributed by atoms with E-state index in [0.29, 0.717) is 13.2 Å². The van der Waals surface area contributed by atoms with E-state index in [1.54, 1.807) is 19.9 Å². The van der Waals surface area contributed by atoms with Gasteiger partial charge in [0.25, 0.3) is 0 Å². The number of allylic oxidation sites excluding steroid dienone is 1. The Hall–Kier alpha value is -1.50. The number of hydrogen-bond acceptors (Lipinski definition) is 4. The first kappa shape index (κ1) is 10.5. The zero-order valence-electron chi connectivity index (χ0n) is 7.16. The van der Waals surface area contributed by atoms with E-state index in [1.165, 1.54) is 0 Å². The van der Waals surface area contributed by atoms with Crippen LogP contribution in [0.5, 0.6) is 0 Å². The summed E-state index contributed by atoms with van der Waals surface area (Å²) in [5, 5.41) is 8.42. The molecule has 4 heteroatoms. The first-order valence-electron chi connectivity index (χ1n) is 3.65. The lowest BCUT2D eigenvalue weighted by molar-refractivity contribution is -0.137. The molecule has 66 valence electrons. The van der Waals surface area contributed by atoms with Crippen LogP contribution in [0.25, 0.3) is 0 Å². The van der Waals surface area contributed by atoms with Crippen molar-refractivity contribution >= 4 is 5.97 Å². The van der Waals surface area contributed by atoms with Crippen molar-refractivity contribution < 1.29 is 14.3 Å². The van der Waals surface area contributed by atoms with E-state index in [-0.39, 0.29) is 5.76 Å². The van der Waals surface area contributed by atoms with E-state index in [0.717, 1.165) is 6.08 Å². The van der Waals surface area contributed by atoms with E-state index in [1.807, 2.05) is 0 Å². The third-order valence-electron chi connectivity index (χ3n) is 0.946. The Kier molecular flexibility index (Phi) is 5.45. The minimum Gasteiger partial charge on any atom is -0.484 e. The number of carbonyl (C=O) groups is 1. The molecule has 0 bridgehead atoms. The summed E-state index contributed by atoms with van der Waals surface area (Å²) in [6.45, 7) is 4.08. The zero-order chi connectivity index (χ0) is 9.40. The molecule has 0 aliphatic heterocycles. The Morgan fingerprint density at radius 3 is 2.42 bits per heavy atom. The molecule has 0 N–H and O–H groups in total. The molecule has 4 nitrogen and oxygen atoms in total. The maximum Gasteiger partial charge on any atom is 0.335 e. The lowest BCUT2D eigenvalue weighted by Gasteiger charge is -1.99. The first-order chi connectivity index (χ1) is 5.74. The molecule has 0 saturated carbocycles. The number of hydrogen-bond donors (Lipinski definition) is 0. The molecule has 0 rings (SSSR count). The van der Waals surface area contributed by atoms with Gasteiger partial charge >= 0.3 is 5.97 Å². The topological polar surface area (TPSA) is 59.3 Å². The monoisotopic (exact) mass is 169 g/mol. The summed E-state index contributed by atoms with van der Waals surface area (Å²) in [5.41, 5.74) is 0. The van der Waals surface area contributed by atoms with Crippen LogP contribution in [0.1, 0.15) is 13.8 Å². The molecule has 0 aromatic rings. The van der Waals surface area contributed by atoms with Gasteiger partial charge in [-0.3, -0.25) is 0 Å². The quantitative estimate of drug-likeness (QED) is 0.272. The standard InChI is InChI=1S/C8H11NO3/c1-3-11-7(6-9)5-8(10)12-4-2/h5H,3-4H2,1-2H3/b7-5+. The largest absolute Gasteiger partial charge is 0.484 e. The van der Waals surface area contributed by atoms with Crippen molar-refractivity contribution in [1.29, 1.82) is 5.26 Å². The first-order valence-corrected chi connectivity index (χ1v) is 3.65. The SMILES string of the molecule is CCOC(=O)/C=C(\C#N)OCC. The van der Waals surface area contributed by atoms with Gasteiger partial charge in [0.1, 0.15) is 6.07 Å². The second kappa shape index (κ2) is 6.23. The molecule has 0 saturated heterocycles. The molecule has 0 aliphatic carbocycles. The highest BCUT2D eigenvalue weighted by molar-refractivity contribution is 5.83. The molecule has 0 radical (unpaired) electrons. The fraction of sp³-hybridized carbons (Fsp3) is 0.500. The van der Waals surface area contributed by atoms with Gasteiger partial charge in [0.2, 0.25) is 5.76 Å². The van der Waals surface area contributed by atoms with Crippen LogP contribution in [-0.2, 0) is 14.3 Å². The third-order valence-corrected chi connectivity index (χ3v) is 0.946. The van der Waals surface area contributed by atoms with Crippen molar-refractivity contribution in [1.82, 2.24) is 0 Å². The second-order valence-electron chi connectivity index (χ2n) is 1.81. The van der Waals surface area contributed by atoms with Crippen LogP contribution in [0.3, 0.4) is 0 Å². The summed E-state index contributed by atoms with van der Waals surface area (Å²) in [5.74, 6) is -0.571. The predicted octanol–water partition coefficient (Wildman–Crippen LogP) is 0.993. The van der Waals surface area contributed by atoms with E-state index < -0.39 is 5.97 Å². The second-order valence-corrected chi connectivity index (χ2v) is 1.81. The Bertz CT molecular complexity index is 215. The molecule has 0 aromatic carbocycles. The molecule has 0 amide bonds. The van der Waals surface area contributed by atoms with Gasteiger partial charge < -0.3 is 9.47 Å². The van der Waals surface area contributed by atoms with Crippen LogP contribution < -0.4 is 0 Å². The Balaban J connectivity index is 4.10. The Labute approximate surface area is 71.4 Å². The van der Waals surface area contributed by atoms with Crippen molar-refractivity contribution in [3.63, 3.8) is 0 Å². The van der Waals surface area contributed by atoms with Crippen molar-refractivity contribution in [3.05, 3.63) is 11.8 Å². The normalized spacial score (nSPS) is 10.2. The molecule has 0 fully saturated rings. The highest BCUT2D eigenvalue weighted by atomic mass is 16.5. The maximum absolute atomic E-state index is 10.8. The van der Waals surface area contributed by atoms with Crippen molar-refractivity contribution in [2.75, 3.05) is 13.2 Å². The predicted molar refractivity (Wildman–Crippen MR) is 42.0 cm³/mol. The maximum atomic E-state index is 10.8. The van der Waals surface area contributed by atoms with Gasteiger partial charge in [-0.15, -0.1) is 0 Å². The molecule has 0 aromatic heterocycles. The number of nitrogens with zero attached hydrogens (tertiary/aromatic N) is 1. The number of esters is 1. The molecular formula is C8H11NO3. The molecule has 12 heavy (non-hydrogen) atoms. The fourth-order valence-electron chi connectivity index (χ4n) is 0.553. The summed E-state index contributed by atoms with van der Waals surface area (Å²) >= 11 is 0. The molecule has 0 heterocycles. The van der Waals surface area contributed by atoms with E-state index >= 15 is 0 Å². The average molecular weight is 169 g/mol. The molecule has 0 unspecified atom stereocenters. The summed E-state index contributed by atoms with van der Waals surface area (Å²) < 4.78 is 9.38. The third kappa shape index (κ3) is 4.34. The van der Waals surface area contributed by atoms with Crippen LogP contribution in [0.2, 0.25) is 0 Å². The zero-order valence-corrected chi connectivity index (χ0v) is 7.16. The van der Waals surface area contributed by atoms with E-state index in [4.69, 9.17) is 10.00 Å². The minimum atomic E-state index is -0.553. The summed E-state index contributed by atoms with van der Waals surface area (Å²) in [4.78, 5) is 10.8. The van der Waals surface area contributed by atoms with Gasteiger partial charge in [-0.1, -0.05) is 0 Å². The van der Waals surface area contributed by atoms with Gasteiger partial charge in [0.05, 0.1) is 19.3 Å². The summed E-state index contributed by atoms with van der Waals surface area (Å²) in [6.07, 6.45) is 1.03. The fourth-order valence-corrected chi connectivity index (χ4v) is 0.553. The molecule has 0 spiro atoms. The highest BCUT2D eigenvalue weighted by Gasteiger charge is 2.00. The van der Waals surface area contributed by atoms with Crippen LogP contribution in [0, 0.1) is 11.3 Å². The van der Waals surface area contributed by atoms with Crippen molar-refractivity contribution in [3.8, 4) is 6.07 Å². The molecule has 0 aliphatic rings. The van der Waals surface area contributed by atoms with Gasteiger partial charge in [0.15, 0.2) is 0 Å². The van der Waals surface area contributed by atoms with Gasteiger partial charge in [0, 0.05) is 0 Å². The van der Waals surface area contributed by atoms with Crippen molar-refractivity contribution in [2.24, 2.45) is 0 Å². The minimum absolute atomic E-state index is 0.0176. The Morgan fingerprint density at radius 1 is 1.42 bits per heavy atom. The lowest BCUT2D eigenvalue weighted by Crippen LogP contribution is -2.02. The van der Waals surface area contributed by atoms with Gasteiger partial charge in [-0.05, 0) is 13.8 Å². The van der Waals surface area contributed by atoms with Crippen LogP contribution >= 0.6 is 0 Å². The summed E-state index contributed by atoms with van der Waals surface area (Å²) in [6, 6.07) is 1.73. The summed E-state index contributed by atoms with van der Waals surface area (Å²) in [7, 11) is 0. The smallest absolute Gasteiger partial charge is 0.335 e. The number of nitriles is 1. The number of rotatable bonds is 4. The van der Waals surface area contributed by atoms with E-state index in [9.17, 15) is 4.79 Å². The van der Waals surface area contributed by atoms with Gasteiger partial charge in [-0.25, -0.2) is 4.79 Å². The van der Waals surface area contributed by atoms with Crippen molar-refractivity contribution in [2.45, 2.75) is 13.8 Å². The average Bonchev–Trinajstić information content (AvgIpc) is 2.04. The number of ether oxygens (including phenoxy) is 2. The van der Waals surface area contributed by atoms with Crippen LogP contribution in [0.15, 0.2) is 11.8 Å². The van der Waals surface area contributed by atoms with Crippen LogP contribution in [-0.4, -0.2) is 19.2 Å². The molecular weight excluding hydrogens is 158 g/mol. The Morgan fingerprint density at radius 2 is 2.00 bits per heavy atom.